The minimum Gasteiger partial charge on any atom is -0.380 e. The lowest BCUT2D eigenvalue weighted by atomic mass is 10.2. The lowest BCUT2D eigenvalue weighted by molar-refractivity contribution is 0.0118. The van der Waals surface area contributed by atoms with E-state index in [1.54, 1.807) is 15.3 Å². The highest BCUT2D eigenvalue weighted by molar-refractivity contribution is 5.83. The van der Waals surface area contributed by atoms with Crippen LogP contribution < -0.4 is 5.56 Å². The molecule has 4 heterocycles. The fourth-order valence-electron chi connectivity index (χ4n) is 4.09. The summed E-state index contributed by atoms with van der Waals surface area (Å²) in [6, 6.07) is 7.68. The Balaban J connectivity index is 1.62. The number of imidazole rings is 1. The van der Waals surface area contributed by atoms with Crippen molar-refractivity contribution in [1.29, 1.82) is 0 Å². The van der Waals surface area contributed by atoms with E-state index in [1.165, 1.54) is 0 Å². The van der Waals surface area contributed by atoms with Crippen LogP contribution in [-0.2, 0) is 10.3 Å². The Hall–Kier alpha value is -3.04. The molecule has 1 saturated carbocycles. The van der Waals surface area contributed by atoms with Crippen molar-refractivity contribution >= 4 is 16.6 Å². The number of ether oxygens (including phenoxy) is 1. The molecule has 1 aliphatic heterocycles. The SMILES string of the molecule is CC1CCC(n2c(=O)c3c(-c4noc(C5(O)CC5)n4)ncn3c3ccccc32)O1. The van der Waals surface area contributed by atoms with Gasteiger partial charge in [-0.3, -0.25) is 13.8 Å². The van der Waals surface area contributed by atoms with Gasteiger partial charge in [0, 0.05) is 0 Å². The van der Waals surface area contributed by atoms with Crippen LogP contribution in [0.25, 0.3) is 28.1 Å². The summed E-state index contributed by atoms with van der Waals surface area (Å²) in [5.41, 5.74) is 1.07. The zero-order valence-electron chi connectivity index (χ0n) is 15.8. The summed E-state index contributed by atoms with van der Waals surface area (Å²) >= 11 is 0. The molecule has 2 atom stereocenters. The van der Waals surface area contributed by atoms with Crippen LogP contribution in [0, 0.1) is 0 Å². The van der Waals surface area contributed by atoms with Crippen molar-refractivity contribution in [3.05, 3.63) is 46.8 Å². The highest BCUT2D eigenvalue weighted by atomic mass is 16.5. The Kier molecular flexibility index (Phi) is 3.34. The number of aromatic nitrogens is 5. The molecule has 4 aromatic rings. The van der Waals surface area contributed by atoms with Crippen molar-refractivity contribution < 1.29 is 14.4 Å². The van der Waals surface area contributed by atoms with E-state index in [0.717, 1.165) is 23.9 Å². The molecule has 6 rings (SSSR count). The van der Waals surface area contributed by atoms with E-state index >= 15 is 0 Å². The van der Waals surface area contributed by atoms with Crippen LogP contribution in [0.15, 0.2) is 39.9 Å². The average Bonchev–Trinajstić information content (AvgIpc) is 3.15. The van der Waals surface area contributed by atoms with E-state index in [1.807, 2.05) is 31.2 Å². The molecule has 1 N–H and O–H groups in total. The van der Waals surface area contributed by atoms with Gasteiger partial charge < -0.3 is 14.4 Å². The molecular weight excluding hydrogens is 374 g/mol. The van der Waals surface area contributed by atoms with Gasteiger partial charge in [-0.25, -0.2) is 4.98 Å². The first kappa shape index (κ1) is 16.9. The van der Waals surface area contributed by atoms with Crippen LogP contribution in [0.3, 0.4) is 0 Å². The van der Waals surface area contributed by atoms with Crippen LogP contribution in [0.2, 0.25) is 0 Å². The van der Waals surface area contributed by atoms with Crippen molar-refractivity contribution in [2.45, 2.75) is 50.5 Å². The number of rotatable bonds is 3. The molecule has 2 unspecified atom stereocenters. The number of fused-ring (bicyclic) bond motifs is 3. The van der Waals surface area contributed by atoms with Crippen molar-refractivity contribution in [3.63, 3.8) is 0 Å². The van der Waals surface area contributed by atoms with Crippen LogP contribution in [0.1, 0.15) is 44.7 Å². The van der Waals surface area contributed by atoms with Gasteiger partial charge in [0.25, 0.3) is 11.4 Å². The summed E-state index contributed by atoms with van der Waals surface area (Å²) in [6.07, 6.45) is 4.21. The highest BCUT2D eigenvalue weighted by Gasteiger charge is 2.48. The number of para-hydroxylation sites is 2. The van der Waals surface area contributed by atoms with Crippen molar-refractivity contribution in [3.8, 4) is 11.5 Å². The molecule has 3 aromatic heterocycles. The van der Waals surface area contributed by atoms with Gasteiger partial charge >= 0.3 is 0 Å². The lowest BCUT2D eigenvalue weighted by Gasteiger charge is -2.18. The number of nitrogens with zero attached hydrogens (tertiary/aromatic N) is 5. The van der Waals surface area contributed by atoms with Crippen molar-refractivity contribution in [2.24, 2.45) is 0 Å². The van der Waals surface area contributed by atoms with Gasteiger partial charge in [-0.15, -0.1) is 0 Å². The molecule has 1 aromatic carbocycles. The zero-order valence-corrected chi connectivity index (χ0v) is 15.8. The van der Waals surface area contributed by atoms with Crippen LogP contribution in [-0.4, -0.2) is 35.3 Å². The van der Waals surface area contributed by atoms with E-state index in [9.17, 15) is 9.90 Å². The van der Waals surface area contributed by atoms with Gasteiger partial charge in [-0.2, -0.15) is 4.98 Å². The molecule has 2 aliphatic rings. The molecule has 9 heteroatoms. The first-order valence-electron chi connectivity index (χ1n) is 9.78. The van der Waals surface area contributed by atoms with E-state index < -0.39 is 5.60 Å². The van der Waals surface area contributed by atoms with Crippen LogP contribution in [0.4, 0.5) is 0 Å². The third kappa shape index (κ3) is 2.41. The van der Waals surface area contributed by atoms with Gasteiger partial charge in [0.2, 0.25) is 5.82 Å². The monoisotopic (exact) mass is 393 g/mol. The summed E-state index contributed by atoms with van der Waals surface area (Å²) < 4.78 is 14.7. The van der Waals surface area contributed by atoms with Crippen molar-refractivity contribution in [2.75, 3.05) is 0 Å². The Morgan fingerprint density at radius 2 is 2.00 bits per heavy atom. The fourth-order valence-corrected chi connectivity index (χ4v) is 4.09. The summed E-state index contributed by atoms with van der Waals surface area (Å²) in [4.78, 5) is 22.3. The summed E-state index contributed by atoms with van der Waals surface area (Å²) in [5, 5.41) is 14.2. The Bertz CT molecular complexity index is 1320. The molecular formula is C20H19N5O4. The molecule has 0 bridgehead atoms. The molecule has 29 heavy (non-hydrogen) atoms. The summed E-state index contributed by atoms with van der Waals surface area (Å²) in [6.45, 7) is 2.01. The maximum Gasteiger partial charge on any atom is 0.279 e. The van der Waals surface area contributed by atoms with Gasteiger partial charge in [-0.1, -0.05) is 17.3 Å². The number of benzene rings is 1. The normalized spacial score (nSPS) is 23.2. The van der Waals surface area contributed by atoms with E-state index in [2.05, 4.69) is 15.1 Å². The third-order valence-electron chi connectivity index (χ3n) is 5.85. The number of aliphatic hydroxyl groups is 1. The van der Waals surface area contributed by atoms with Gasteiger partial charge in [0.1, 0.15) is 29.4 Å². The second-order valence-electron chi connectivity index (χ2n) is 7.91. The number of hydrogen-bond acceptors (Lipinski definition) is 7. The maximum absolute atomic E-state index is 13.6. The van der Waals surface area contributed by atoms with Crippen LogP contribution in [0.5, 0.6) is 0 Å². The minimum atomic E-state index is -1.04. The van der Waals surface area contributed by atoms with Gasteiger partial charge in [-0.05, 0) is 44.7 Å². The molecule has 9 nitrogen and oxygen atoms in total. The first-order chi connectivity index (χ1) is 14.0. The molecule has 0 radical (unpaired) electrons. The Morgan fingerprint density at radius 1 is 1.21 bits per heavy atom. The smallest absolute Gasteiger partial charge is 0.279 e. The number of hydrogen-bond donors (Lipinski definition) is 1. The van der Waals surface area contributed by atoms with Crippen LogP contribution >= 0.6 is 0 Å². The Morgan fingerprint density at radius 3 is 2.72 bits per heavy atom. The largest absolute Gasteiger partial charge is 0.380 e. The molecule has 1 aliphatic carbocycles. The third-order valence-corrected chi connectivity index (χ3v) is 5.85. The maximum atomic E-state index is 13.6. The highest BCUT2D eigenvalue weighted by Crippen LogP contribution is 2.44. The molecule has 1 saturated heterocycles. The minimum absolute atomic E-state index is 0.102. The van der Waals surface area contributed by atoms with Gasteiger partial charge in [0.05, 0.1) is 17.1 Å². The lowest BCUT2D eigenvalue weighted by Crippen LogP contribution is -2.27. The fraction of sp³-hybridized carbons (Fsp3) is 0.400. The van der Waals surface area contributed by atoms with E-state index in [0.29, 0.717) is 24.1 Å². The Labute approximate surface area is 164 Å². The average molecular weight is 393 g/mol. The standard InChI is InChI=1S/C20H19N5O4/c1-11-6-7-14(28-11)25-13-5-3-2-4-12(13)24-10-21-15(16(24)18(25)26)17-22-19(29-23-17)20(27)8-9-20/h2-5,10-11,14,27H,6-9H2,1H3. The predicted molar refractivity (Wildman–Crippen MR) is 102 cm³/mol. The topological polar surface area (TPSA) is 108 Å². The molecule has 2 fully saturated rings. The van der Waals surface area contributed by atoms with Crippen molar-refractivity contribution in [1.82, 2.24) is 24.1 Å². The van der Waals surface area contributed by atoms with Gasteiger partial charge in [0.15, 0.2) is 0 Å². The van der Waals surface area contributed by atoms with E-state index in [4.69, 9.17) is 9.26 Å². The molecule has 148 valence electrons. The zero-order chi connectivity index (χ0) is 19.8. The predicted octanol–water partition coefficient (Wildman–Crippen LogP) is 2.38. The van der Waals surface area contributed by atoms with E-state index in [-0.39, 0.29) is 29.6 Å². The summed E-state index contributed by atoms with van der Waals surface area (Å²) in [5.74, 6) is 0.366. The second kappa shape index (κ2) is 5.74. The molecule has 0 amide bonds. The first-order valence-corrected chi connectivity index (χ1v) is 9.78. The summed E-state index contributed by atoms with van der Waals surface area (Å²) in [7, 11) is 0. The quantitative estimate of drug-likeness (QED) is 0.569. The molecule has 0 spiro atoms. The second-order valence-corrected chi connectivity index (χ2v) is 7.91.